The average molecular weight is 438 g/mol. The smallest absolute Gasteiger partial charge is 0.310 e. The van der Waals surface area contributed by atoms with Crippen LogP contribution in [0.3, 0.4) is 0 Å². The van der Waals surface area contributed by atoms with Crippen LogP contribution in [-0.4, -0.2) is 18.5 Å². The number of halogens is 1. The Hall–Kier alpha value is -3.31. The standard InChI is InChI=1S/C25H24ClNO4/c1-3-30-24(28)14-18-8-10-21(11-9-18)27-25(29)23-15-22(12-7-17(23)2)31-16-19-5-4-6-20(26)13-19/h4-13,15H,3,14,16H2,1-2H3,(H,27,29). The third-order valence-electron chi connectivity index (χ3n) is 4.61. The van der Waals surface area contributed by atoms with E-state index < -0.39 is 0 Å². The molecule has 0 unspecified atom stereocenters. The molecular weight excluding hydrogens is 414 g/mol. The van der Waals surface area contributed by atoms with E-state index in [1.807, 2.05) is 43.3 Å². The third-order valence-corrected chi connectivity index (χ3v) is 4.85. The van der Waals surface area contributed by atoms with Gasteiger partial charge in [-0.2, -0.15) is 0 Å². The first kappa shape index (κ1) is 22.4. The van der Waals surface area contributed by atoms with Crippen LogP contribution in [0.5, 0.6) is 5.75 Å². The highest BCUT2D eigenvalue weighted by molar-refractivity contribution is 6.30. The fourth-order valence-corrected chi connectivity index (χ4v) is 3.22. The summed E-state index contributed by atoms with van der Waals surface area (Å²) in [5.41, 5.74) is 3.78. The van der Waals surface area contributed by atoms with Crippen molar-refractivity contribution in [3.05, 3.63) is 94.0 Å². The summed E-state index contributed by atoms with van der Waals surface area (Å²) in [6.45, 7) is 4.36. The van der Waals surface area contributed by atoms with Crippen molar-refractivity contribution in [3.8, 4) is 5.75 Å². The number of nitrogens with one attached hydrogen (secondary N) is 1. The maximum Gasteiger partial charge on any atom is 0.310 e. The van der Waals surface area contributed by atoms with Gasteiger partial charge < -0.3 is 14.8 Å². The largest absolute Gasteiger partial charge is 0.489 e. The maximum absolute atomic E-state index is 12.8. The normalized spacial score (nSPS) is 10.4. The summed E-state index contributed by atoms with van der Waals surface area (Å²) >= 11 is 6.01. The number of rotatable bonds is 8. The summed E-state index contributed by atoms with van der Waals surface area (Å²) in [7, 11) is 0. The lowest BCUT2D eigenvalue weighted by Gasteiger charge is -2.12. The minimum absolute atomic E-state index is 0.202. The molecule has 6 heteroatoms. The van der Waals surface area contributed by atoms with Gasteiger partial charge in [-0.1, -0.05) is 41.9 Å². The second-order valence-electron chi connectivity index (χ2n) is 7.03. The fourth-order valence-electron chi connectivity index (χ4n) is 3.01. The zero-order valence-electron chi connectivity index (χ0n) is 17.5. The highest BCUT2D eigenvalue weighted by Crippen LogP contribution is 2.21. The van der Waals surface area contributed by atoms with E-state index in [1.54, 1.807) is 37.3 Å². The summed E-state index contributed by atoms with van der Waals surface area (Å²) in [6.07, 6.45) is 0.202. The molecule has 0 bridgehead atoms. The molecule has 31 heavy (non-hydrogen) atoms. The molecule has 1 amide bonds. The van der Waals surface area contributed by atoms with E-state index in [9.17, 15) is 9.59 Å². The van der Waals surface area contributed by atoms with E-state index in [1.165, 1.54) is 0 Å². The van der Waals surface area contributed by atoms with Crippen LogP contribution in [0.1, 0.15) is 34.0 Å². The molecular formula is C25H24ClNO4. The zero-order valence-corrected chi connectivity index (χ0v) is 18.2. The Labute approximate surface area is 187 Å². The van der Waals surface area contributed by atoms with E-state index in [0.717, 1.165) is 16.7 Å². The molecule has 0 radical (unpaired) electrons. The Morgan fingerprint density at radius 3 is 2.45 bits per heavy atom. The summed E-state index contributed by atoms with van der Waals surface area (Å²) in [5, 5.41) is 3.54. The molecule has 0 atom stereocenters. The zero-order chi connectivity index (χ0) is 22.2. The summed E-state index contributed by atoms with van der Waals surface area (Å²) < 4.78 is 10.8. The monoisotopic (exact) mass is 437 g/mol. The molecule has 3 rings (SSSR count). The van der Waals surface area contributed by atoms with Gasteiger partial charge in [0.2, 0.25) is 0 Å². The van der Waals surface area contributed by atoms with Crippen molar-refractivity contribution in [1.82, 2.24) is 0 Å². The van der Waals surface area contributed by atoms with Crippen LogP contribution in [0.4, 0.5) is 5.69 Å². The van der Waals surface area contributed by atoms with E-state index >= 15 is 0 Å². The number of hydrogen-bond donors (Lipinski definition) is 1. The number of ether oxygens (including phenoxy) is 2. The lowest BCUT2D eigenvalue weighted by Crippen LogP contribution is -2.14. The SMILES string of the molecule is CCOC(=O)Cc1ccc(NC(=O)c2cc(OCc3cccc(Cl)c3)ccc2C)cc1. The lowest BCUT2D eigenvalue weighted by atomic mass is 10.1. The van der Waals surface area contributed by atoms with Crippen molar-refractivity contribution in [2.75, 3.05) is 11.9 Å². The Bertz CT molecular complexity index is 1060. The summed E-state index contributed by atoms with van der Waals surface area (Å²) in [5.74, 6) is 0.0915. The quantitative estimate of drug-likeness (QED) is 0.467. The van der Waals surface area contributed by atoms with Crippen molar-refractivity contribution in [2.24, 2.45) is 0 Å². The first-order valence-electron chi connectivity index (χ1n) is 9.98. The molecule has 3 aromatic rings. The molecule has 0 aliphatic rings. The van der Waals surface area contributed by atoms with Crippen LogP contribution in [0.15, 0.2) is 66.7 Å². The van der Waals surface area contributed by atoms with E-state index in [-0.39, 0.29) is 18.3 Å². The number of anilines is 1. The van der Waals surface area contributed by atoms with Gasteiger partial charge >= 0.3 is 5.97 Å². The van der Waals surface area contributed by atoms with Gasteiger partial charge in [0.15, 0.2) is 0 Å². The Balaban J connectivity index is 1.64. The molecule has 0 spiro atoms. The molecule has 0 heterocycles. The molecule has 3 aromatic carbocycles. The molecule has 1 N–H and O–H groups in total. The van der Waals surface area contributed by atoms with Gasteiger partial charge in [-0.05, 0) is 66.9 Å². The van der Waals surface area contributed by atoms with Crippen LogP contribution in [0.25, 0.3) is 0 Å². The highest BCUT2D eigenvalue weighted by Gasteiger charge is 2.12. The number of aryl methyl sites for hydroxylation is 1. The predicted molar refractivity (Wildman–Crippen MR) is 122 cm³/mol. The Kier molecular flexibility index (Phi) is 7.68. The van der Waals surface area contributed by atoms with Gasteiger partial charge in [0.25, 0.3) is 5.91 Å². The minimum Gasteiger partial charge on any atom is -0.489 e. The molecule has 0 aliphatic heterocycles. The van der Waals surface area contributed by atoms with Crippen molar-refractivity contribution >= 4 is 29.2 Å². The highest BCUT2D eigenvalue weighted by atomic mass is 35.5. The van der Waals surface area contributed by atoms with Crippen molar-refractivity contribution in [2.45, 2.75) is 26.9 Å². The fraction of sp³-hybridized carbons (Fsp3) is 0.200. The van der Waals surface area contributed by atoms with Gasteiger partial charge in [0, 0.05) is 16.3 Å². The van der Waals surface area contributed by atoms with Gasteiger partial charge in [0.1, 0.15) is 12.4 Å². The number of hydrogen-bond acceptors (Lipinski definition) is 4. The van der Waals surface area contributed by atoms with Gasteiger partial charge in [-0.15, -0.1) is 0 Å². The van der Waals surface area contributed by atoms with Gasteiger partial charge in [0.05, 0.1) is 13.0 Å². The van der Waals surface area contributed by atoms with Crippen molar-refractivity contribution < 1.29 is 19.1 Å². The molecule has 0 fully saturated rings. The average Bonchev–Trinajstić information content (AvgIpc) is 2.74. The second kappa shape index (κ2) is 10.6. The molecule has 0 saturated carbocycles. The maximum atomic E-state index is 12.8. The molecule has 5 nitrogen and oxygen atoms in total. The number of benzene rings is 3. The lowest BCUT2D eigenvalue weighted by molar-refractivity contribution is -0.142. The van der Waals surface area contributed by atoms with Crippen molar-refractivity contribution in [3.63, 3.8) is 0 Å². The van der Waals surface area contributed by atoms with Gasteiger partial charge in [-0.3, -0.25) is 9.59 Å². The first-order chi connectivity index (χ1) is 14.9. The number of carbonyl (C=O) groups excluding carboxylic acids is 2. The summed E-state index contributed by atoms with van der Waals surface area (Å²) in [4.78, 5) is 24.4. The van der Waals surface area contributed by atoms with E-state index in [4.69, 9.17) is 21.1 Å². The van der Waals surface area contributed by atoms with Crippen molar-refractivity contribution in [1.29, 1.82) is 0 Å². The van der Waals surface area contributed by atoms with Crippen LogP contribution in [0.2, 0.25) is 5.02 Å². The second-order valence-corrected chi connectivity index (χ2v) is 7.46. The Morgan fingerprint density at radius 2 is 1.74 bits per heavy atom. The predicted octanol–water partition coefficient (Wildman–Crippen LogP) is 5.59. The van der Waals surface area contributed by atoms with Crippen LogP contribution < -0.4 is 10.1 Å². The van der Waals surface area contributed by atoms with Crippen LogP contribution in [0, 0.1) is 6.92 Å². The van der Waals surface area contributed by atoms with E-state index in [0.29, 0.717) is 35.2 Å². The number of esters is 1. The molecule has 0 aliphatic carbocycles. The molecule has 0 saturated heterocycles. The van der Waals surface area contributed by atoms with Gasteiger partial charge in [-0.25, -0.2) is 0 Å². The molecule has 160 valence electrons. The van der Waals surface area contributed by atoms with E-state index in [2.05, 4.69) is 5.32 Å². The first-order valence-corrected chi connectivity index (χ1v) is 10.4. The molecule has 0 aromatic heterocycles. The summed E-state index contributed by atoms with van der Waals surface area (Å²) in [6, 6.07) is 20.0. The van der Waals surface area contributed by atoms with Crippen LogP contribution >= 0.6 is 11.6 Å². The minimum atomic E-state index is -0.274. The number of amides is 1. The third kappa shape index (κ3) is 6.59. The topological polar surface area (TPSA) is 64.6 Å². The number of carbonyl (C=O) groups is 2. The van der Waals surface area contributed by atoms with Crippen LogP contribution in [-0.2, 0) is 22.6 Å². The Morgan fingerprint density at radius 1 is 0.968 bits per heavy atom.